The lowest BCUT2D eigenvalue weighted by Crippen LogP contribution is -2.47. The molecule has 1 amide bonds. The Labute approximate surface area is 156 Å². The minimum absolute atomic E-state index is 0.0570. The third-order valence-corrected chi connectivity index (χ3v) is 6.27. The van der Waals surface area contributed by atoms with E-state index in [1.807, 2.05) is 16.7 Å². The highest BCUT2D eigenvalue weighted by Crippen LogP contribution is 2.27. The van der Waals surface area contributed by atoms with Crippen molar-refractivity contribution in [3.05, 3.63) is 38.9 Å². The first kappa shape index (κ1) is 18.5. The molecule has 1 atom stereocenters. The lowest BCUT2D eigenvalue weighted by molar-refractivity contribution is -0.384. The summed E-state index contributed by atoms with van der Waals surface area (Å²) in [6.45, 7) is 3.76. The summed E-state index contributed by atoms with van der Waals surface area (Å²) >= 11 is 7.76. The highest BCUT2D eigenvalue weighted by Gasteiger charge is 2.30. The lowest BCUT2D eigenvalue weighted by atomic mass is 10.1. The number of benzene rings is 1. The van der Waals surface area contributed by atoms with E-state index in [1.165, 1.54) is 25.0 Å². The van der Waals surface area contributed by atoms with Gasteiger partial charge in [-0.1, -0.05) is 11.6 Å². The van der Waals surface area contributed by atoms with Crippen LogP contribution in [-0.2, 0) is 0 Å². The van der Waals surface area contributed by atoms with Crippen molar-refractivity contribution in [2.75, 3.05) is 37.7 Å². The third kappa shape index (κ3) is 4.46. The summed E-state index contributed by atoms with van der Waals surface area (Å²) < 4.78 is 0. The molecular weight excluding hydrogens is 362 g/mol. The zero-order chi connectivity index (χ0) is 17.8. The average molecular weight is 384 g/mol. The Morgan fingerprint density at radius 1 is 1.28 bits per heavy atom. The van der Waals surface area contributed by atoms with Crippen LogP contribution in [0.2, 0.25) is 5.02 Å². The van der Waals surface area contributed by atoms with E-state index in [0.717, 1.165) is 37.6 Å². The second kappa shape index (κ2) is 8.38. The Bertz CT molecular complexity index is 652. The van der Waals surface area contributed by atoms with Gasteiger partial charge >= 0.3 is 0 Å². The van der Waals surface area contributed by atoms with Gasteiger partial charge in [0.1, 0.15) is 5.02 Å². The minimum Gasteiger partial charge on any atom is -0.334 e. The van der Waals surface area contributed by atoms with Crippen LogP contribution in [-0.4, -0.2) is 64.4 Å². The number of halogens is 1. The van der Waals surface area contributed by atoms with E-state index >= 15 is 0 Å². The molecule has 2 saturated heterocycles. The van der Waals surface area contributed by atoms with Crippen molar-refractivity contribution in [3.8, 4) is 0 Å². The molecule has 0 saturated carbocycles. The molecule has 3 rings (SSSR count). The van der Waals surface area contributed by atoms with Crippen molar-refractivity contribution in [2.24, 2.45) is 0 Å². The molecule has 2 aliphatic heterocycles. The topological polar surface area (TPSA) is 66.7 Å². The van der Waals surface area contributed by atoms with Crippen LogP contribution in [0.1, 0.15) is 29.6 Å². The van der Waals surface area contributed by atoms with Crippen LogP contribution in [0, 0.1) is 10.1 Å². The Morgan fingerprint density at radius 2 is 2.04 bits per heavy atom. The molecule has 2 fully saturated rings. The van der Waals surface area contributed by atoms with E-state index in [2.05, 4.69) is 4.90 Å². The number of hydrogen-bond acceptors (Lipinski definition) is 5. The van der Waals surface area contributed by atoms with Crippen LogP contribution in [0.4, 0.5) is 5.69 Å². The fourth-order valence-electron chi connectivity index (χ4n) is 3.46. The number of hydrogen-bond donors (Lipinski definition) is 0. The predicted molar refractivity (Wildman–Crippen MR) is 101 cm³/mol. The zero-order valence-electron chi connectivity index (χ0n) is 14.0. The summed E-state index contributed by atoms with van der Waals surface area (Å²) in [5.41, 5.74) is 0.127. The van der Waals surface area contributed by atoms with Crippen LogP contribution >= 0.6 is 23.4 Å². The molecule has 0 aromatic heterocycles. The van der Waals surface area contributed by atoms with Crippen LogP contribution in [0.25, 0.3) is 0 Å². The molecule has 0 aliphatic carbocycles. The Balaban J connectivity index is 1.81. The minimum atomic E-state index is -0.543. The molecule has 2 heterocycles. The van der Waals surface area contributed by atoms with Crippen molar-refractivity contribution in [1.82, 2.24) is 9.80 Å². The van der Waals surface area contributed by atoms with Gasteiger partial charge in [-0.15, -0.1) is 0 Å². The highest BCUT2D eigenvalue weighted by molar-refractivity contribution is 7.99. The number of nitro benzene ring substituents is 1. The van der Waals surface area contributed by atoms with E-state index in [4.69, 9.17) is 11.6 Å². The quantitative estimate of drug-likeness (QED) is 0.589. The summed E-state index contributed by atoms with van der Waals surface area (Å²) in [5.74, 6) is 1.82. The summed E-state index contributed by atoms with van der Waals surface area (Å²) in [7, 11) is 0. The number of amides is 1. The molecule has 0 radical (unpaired) electrons. The van der Waals surface area contributed by atoms with Gasteiger partial charge in [0, 0.05) is 30.5 Å². The number of rotatable bonds is 4. The third-order valence-electron chi connectivity index (χ3n) is 4.76. The van der Waals surface area contributed by atoms with Gasteiger partial charge in [0.2, 0.25) is 0 Å². The predicted octanol–water partition coefficient (Wildman–Crippen LogP) is 3.29. The molecule has 25 heavy (non-hydrogen) atoms. The van der Waals surface area contributed by atoms with Gasteiger partial charge in [-0.3, -0.25) is 14.9 Å². The van der Waals surface area contributed by atoms with E-state index in [-0.39, 0.29) is 22.7 Å². The van der Waals surface area contributed by atoms with E-state index in [0.29, 0.717) is 12.1 Å². The van der Waals surface area contributed by atoms with Crippen LogP contribution < -0.4 is 0 Å². The van der Waals surface area contributed by atoms with Gasteiger partial charge in [-0.25, -0.2) is 0 Å². The van der Waals surface area contributed by atoms with Crippen LogP contribution in [0.15, 0.2) is 18.2 Å². The monoisotopic (exact) mass is 383 g/mol. The number of nitrogens with zero attached hydrogens (tertiary/aromatic N) is 3. The van der Waals surface area contributed by atoms with Crippen LogP contribution in [0.3, 0.4) is 0 Å². The molecule has 0 N–H and O–H groups in total. The fourth-order valence-corrected chi connectivity index (χ4v) is 4.71. The number of carbonyl (C=O) groups is 1. The number of nitro groups is 1. The molecule has 8 heteroatoms. The fraction of sp³-hybridized carbons (Fsp3) is 0.588. The normalized spacial score (nSPS) is 22.0. The summed E-state index contributed by atoms with van der Waals surface area (Å²) in [5, 5.41) is 11.2. The molecule has 0 spiro atoms. The van der Waals surface area contributed by atoms with Gasteiger partial charge in [-0.05, 0) is 50.2 Å². The molecule has 136 valence electrons. The summed E-state index contributed by atoms with van der Waals surface area (Å²) in [6.07, 6.45) is 3.39. The maximum Gasteiger partial charge on any atom is 0.288 e. The van der Waals surface area contributed by atoms with E-state index in [1.54, 1.807) is 6.07 Å². The Kier molecular flexibility index (Phi) is 6.19. The van der Waals surface area contributed by atoms with Gasteiger partial charge < -0.3 is 9.80 Å². The molecule has 1 unspecified atom stereocenters. The molecule has 2 aliphatic rings. The SMILES string of the molecule is O=C(c1ccc(Cl)c([N+](=O)[O-])c1)N1CCCSCC1CN1CCCC1. The molecule has 6 nitrogen and oxygen atoms in total. The lowest BCUT2D eigenvalue weighted by Gasteiger charge is -2.32. The van der Waals surface area contributed by atoms with Crippen molar-refractivity contribution in [1.29, 1.82) is 0 Å². The Hall–Kier alpha value is -1.31. The second-order valence-corrected chi connectivity index (χ2v) is 8.07. The molecular formula is C17H22ClN3O3S. The van der Waals surface area contributed by atoms with Crippen molar-refractivity contribution in [2.45, 2.75) is 25.3 Å². The van der Waals surface area contributed by atoms with E-state index < -0.39 is 4.92 Å². The largest absolute Gasteiger partial charge is 0.334 e. The van der Waals surface area contributed by atoms with Crippen molar-refractivity contribution < 1.29 is 9.72 Å². The second-order valence-electron chi connectivity index (χ2n) is 6.51. The van der Waals surface area contributed by atoms with Crippen molar-refractivity contribution >= 4 is 35.0 Å². The van der Waals surface area contributed by atoms with Gasteiger partial charge in [0.25, 0.3) is 11.6 Å². The first-order valence-corrected chi connectivity index (χ1v) is 10.1. The van der Waals surface area contributed by atoms with Crippen LogP contribution in [0.5, 0.6) is 0 Å². The zero-order valence-corrected chi connectivity index (χ0v) is 15.6. The highest BCUT2D eigenvalue weighted by atomic mass is 35.5. The molecule has 1 aromatic carbocycles. The van der Waals surface area contributed by atoms with Gasteiger partial charge in [0.05, 0.1) is 11.0 Å². The molecule has 0 bridgehead atoms. The first-order chi connectivity index (χ1) is 12.1. The van der Waals surface area contributed by atoms with Gasteiger partial charge in [0.15, 0.2) is 0 Å². The van der Waals surface area contributed by atoms with E-state index in [9.17, 15) is 14.9 Å². The summed E-state index contributed by atoms with van der Waals surface area (Å²) in [6, 6.07) is 4.47. The average Bonchev–Trinajstić information content (AvgIpc) is 2.99. The number of thioether (sulfide) groups is 1. The number of likely N-dealkylation sites (tertiary alicyclic amines) is 1. The Morgan fingerprint density at radius 3 is 2.76 bits per heavy atom. The van der Waals surface area contributed by atoms with Crippen molar-refractivity contribution in [3.63, 3.8) is 0 Å². The number of carbonyl (C=O) groups excluding carboxylic acids is 1. The van der Waals surface area contributed by atoms with Gasteiger partial charge in [-0.2, -0.15) is 11.8 Å². The smallest absolute Gasteiger partial charge is 0.288 e. The first-order valence-electron chi connectivity index (χ1n) is 8.61. The maximum atomic E-state index is 13.1. The molecule has 1 aromatic rings. The maximum absolute atomic E-state index is 13.1. The summed E-state index contributed by atoms with van der Waals surface area (Å²) in [4.78, 5) is 27.9. The standard InChI is InChI=1S/C17H22ClN3O3S/c18-15-5-4-13(10-16(15)21(23)24)17(22)20-8-3-9-25-12-14(20)11-19-6-1-2-7-19/h4-5,10,14H,1-3,6-9,11-12H2.